The smallest absolute Gasteiger partial charge is 0.265 e. The predicted molar refractivity (Wildman–Crippen MR) is 111 cm³/mol. The number of halogens is 2. The van der Waals surface area contributed by atoms with E-state index in [2.05, 4.69) is 5.32 Å². The number of methoxy groups -OCH3 is 1. The molecule has 0 radical (unpaired) electrons. The van der Waals surface area contributed by atoms with Gasteiger partial charge in [-0.15, -0.1) is 0 Å². The molecule has 150 valence electrons. The van der Waals surface area contributed by atoms with Crippen molar-refractivity contribution in [1.82, 2.24) is 0 Å². The molecule has 7 nitrogen and oxygen atoms in total. The van der Waals surface area contributed by atoms with E-state index in [1.54, 1.807) is 43.3 Å². The second-order valence-electron chi connectivity index (χ2n) is 5.82. The van der Waals surface area contributed by atoms with E-state index in [1.165, 1.54) is 19.3 Å². The Kier molecular flexibility index (Phi) is 7.48. The molecule has 1 unspecified atom stereocenters. The molecule has 2 aromatic carbocycles. The second-order valence-corrected chi connectivity index (χ2v) is 6.66. The lowest BCUT2D eigenvalue weighted by molar-refractivity contribution is -0.122. The van der Waals surface area contributed by atoms with Gasteiger partial charge in [0.15, 0.2) is 17.6 Å². The second kappa shape index (κ2) is 9.82. The Hall–Kier alpha value is -3.21. The fourth-order valence-corrected chi connectivity index (χ4v) is 2.61. The average molecular weight is 434 g/mol. The number of rotatable bonds is 7. The summed E-state index contributed by atoms with van der Waals surface area (Å²) in [6.07, 6.45) is 0.437. The molecule has 0 spiro atoms. The van der Waals surface area contributed by atoms with Crippen molar-refractivity contribution in [3.63, 3.8) is 0 Å². The maximum Gasteiger partial charge on any atom is 0.265 e. The highest BCUT2D eigenvalue weighted by atomic mass is 35.5. The van der Waals surface area contributed by atoms with Gasteiger partial charge < -0.3 is 20.5 Å². The van der Waals surface area contributed by atoms with E-state index >= 15 is 0 Å². The first-order valence-electron chi connectivity index (χ1n) is 8.27. The standard InChI is InChI=1S/C20H17Cl2N3O4/c1-11(20(27)25-16-9-14(21)4-5-15(16)22)29-17-6-3-12(8-18(17)28-2)7-13(10-23)19(24)26/h3-9,11H,1-2H3,(H2,24,26)(H,25,27)/b13-7+. The summed E-state index contributed by atoms with van der Waals surface area (Å²) >= 11 is 12.0. The zero-order chi connectivity index (χ0) is 21.6. The minimum Gasteiger partial charge on any atom is -0.493 e. The number of carbonyl (C=O) groups excluding carboxylic acids is 2. The zero-order valence-corrected chi connectivity index (χ0v) is 17.0. The number of ether oxygens (including phenoxy) is 2. The molecule has 0 saturated carbocycles. The summed E-state index contributed by atoms with van der Waals surface area (Å²) in [7, 11) is 1.42. The Bertz CT molecular complexity index is 1020. The number of hydrogen-bond donors (Lipinski definition) is 2. The molecular formula is C20H17Cl2N3O4. The molecule has 3 N–H and O–H groups in total. The highest BCUT2D eigenvalue weighted by Crippen LogP contribution is 2.30. The van der Waals surface area contributed by atoms with Gasteiger partial charge >= 0.3 is 0 Å². The van der Waals surface area contributed by atoms with E-state index in [9.17, 15) is 9.59 Å². The molecule has 0 saturated heterocycles. The Morgan fingerprint density at radius 2 is 1.93 bits per heavy atom. The minimum absolute atomic E-state index is 0.202. The molecule has 2 amide bonds. The molecule has 29 heavy (non-hydrogen) atoms. The molecule has 9 heteroatoms. The van der Waals surface area contributed by atoms with Gasteiger partial charge in [0.05, 0.1) is 17.8 Å². The third-order valence-corrected chi connectivity index (χ3v) is 4.31. The van der Waals surface area contributed by atoms with E-state index in [0.29, 0.717) is 32.8 Å². The third kappa shape index (κ3) is 5.88. The van der Waals surface area contributed by atoms with Crippen LogP contribution in [0, 0.1) is 11.3 Å². The van der Waals surface area contributed by atoms with Crippen LogP contribution in [0.15, 0.2) is 42.0 Å². The van der Waals surface area contributed by atoms with Crippen LogP contribution in [-0.4, -0.2) is 25.0 Å². The summed E-state index contributed by atoms with van der Waals surface area (Å²) < 4.78 is 11.0. The number of hydrogen-bond acceptors (Lipinski definition) is 5. The summed E-state index contributed by atoms with van der Waals surface area (Å²) in [4.78, 5) is 23.6. The maximum absolute atomic E-state index is 12.4. The fourth-order valence-electron chi connectivity index (χ4n) is 2.27. The Labute approximate surface area is 177 Å². The molecule has 2 aromatic rings. The van der Waals surface area contributed by atoms with Crippen LogP contribution < -0.4 is 20.5 Å². The van der Waals surface area contributed by atoms with Crippen molar-refractivity contribution < 1.29 is 19.1 Å². The topological polar surface area (TPSA) is 114 Å². The first-order chi connectivity index (χ1) is 13.7. The van der Waals surface area contributed by atoms with E-state index in [4.69, 9.17) is 43.7 Å². The van der Waals surface area contributed by atoms with Gasteiger partial charge in [0.1, 0.15) is 11.6 Å². The van der Waals surface area contributed by atoms with Gasteiger partial charge in [0.2, 0.25) is 0 Å². The summed E-state index contributed by atoms with van der Waals surface area (Å²) in [5, 5.41) is 12.4. The van der Waals surface area contributed by atoms with Crippen molar-refractivity contribution in [2.24, 2.45) is 5.73 Å². The lowest BCUT2D eigenvalue weighted by Crippen LogP contribution is -2.30. The summed E-state index contributed by atoms with van der Waals surface area (Å²) in [5.41, 5.74) is 5.80. The van der Waals surface area contributed by atoms with Gasteiger partial charge in [-0.05, 0) is 48.9 Å². The Morgan fingerprint density at radius 3 is 2.55 bits per heavy atom. The molecule has 0 aliphatic carbocycles. The number of nitriles is 1. The van der Waals surface area contributed by atoms with Gasteiger partial charge in [-0.25, -0.2) is 0 Å². The summed E-state index contributed by atoms with van der Waals surface area (Å²) in [6.45, 7) is 1.56. The highest BCUT2D eigenvalue weighted by Gasteiger charge is 2.18. The van der Waals surface area contributed by atoms with Crippen molar-refractivity contribution in [3.05, 3.63) is 57.6 Å². The fraction of sp³-hybridized carbons (Fsp3) is 0.150. The molecule has 2 rings (SSSR count). The molecule has 0 heterocycles. The number of anilines is 1. The van der Waals surface area contributed by atoms with Crippen LogP contribution in [-0.2, 0) is 9.59 Å². The van der Waals surface area contributed by atoms with Crippen LogP contribution in [0.4, 0.5) is 5.69 Å². The average Bonchev–Trinajstić information content (AvgIpc) is 2.69. The van der Waals surface area contributed by atoms with Crippen LogP contribution >= 0.6 is 23.2 Å². The van der Waals surface area contributed by atoms with Gasteiger partial charge in [-0.1, -0.05) is 29.3 Å². The van der Waals surface area contributed by atoms with Gasteiger partial charge in [-0.2, -0.15) is 5.26 Å². The summed E-state index contributed by atoms with van der Waals surface area (Å²) in [5.74, 6) is -0.680. The number of benzene rings is 2. The lowest BCUT2D eigenvalue weighted by Gasteiger charge is -2.17. The molecule has 0 aromatic heterocycles. The monoisotopic (exact) mass is 433 g/mol. The normalized spacial score (nSPS) is 11.9. The number of primary amides is 1. The van der Waals surface area contributed by atoms with E-state index in [-0.39, 0.29) is 5.57 Å². The SMILES string of the molecule is COc1cc(/C=C(\C#N)C(N)=O)ccc1OC(C)C(=O)Nc1cc(Cl)ccc1Cl. The summed E-state index contributed by atoms with van der Waals surface area (Å²) in [6, 6.07) is 11.1. The van der Waals surface area contributed by atoms with Crippen molar-refractivity contribution in [2.75, 3.05) is 12.4 Å². The third-order valence-electron chi connectivity index (χ3n) is 3.74. The maximum atomic E-state index is 12.4. The van der Waals surface area contributed by atoms with Gasteiger partial charge in [-0.3, -0.25) is 9.59 Å². The minimum atomic E-state index is -0.888. The van der Waals surface area contributed by atoms with Gasteiger partial charge in [0, 0.05) is 5.02 Å². The molecule has 0 bridgehead atoms. The van der Waals surface area contributed by atoms with E-state index in [1.807, 2.05) is 0 Å². The zero-order valence-electron chi connectivity index (χ0n) is 15.5. The first-order valence-corrected chi connectivity index (χ1v) is 9.03. The molecule has 1 atom stereocenters. The van der Waals surface area contributed by atoms with Crippen LogP contribution in [0.3, 0.4) is 0 Å². The van der Waals surface area contributed by atoms with E-state index < -0.39 is 17.9 Å². The number of carbonyl (C=O) groups is 2. The van der Waals surface area contributed by atoms with Crippen molar-refractivity contribution in [1.29, 1.82) is 5.26 Å². The Morgan fingerprint density at radius 1 is 1.21 bits per heavy atom. The van der Waals surface area contributed by atoms with Crippen molar-refractivity contribution in [2.45, 2.75) is 13.0 Å². The highest BCUT2D eigenvalue weighted by molar-refractivity contribution is 6.35. The van der Waals surface area contributed by atoms with Crippen molar-refractivity contribution in [3.8, 4) is 17.6 Å². The largest absolute Gasteiger partial charge is 0.493 e. The van der Waals surface area contributed by atoms with E-state index in [0.717, 1.165) is 0 Å². The van der Waals surface area contributed by atoms with Crippen LogP contribution in [0.25, 0.3) is 6.08 Å². The number of nitrogens with one attached hydrogen (secondary N) is 1. The van der Waals surface area contributed by atoms with Crippen molar-refractivity contribution >= 4 is 46.8 Å². The molecular weight excluding hydrogens is 417 g/mol. The van der Waals surface area contributed by atoms with Crippen LogP contribution in [0.2, 0.25) is 10.0 Å². The number of nitrogens with two attached hydrogens (primary N) is 1. The van der Waals surface area contributed by atoms with Gasteiger partial charge in [0.25, 0.3) is 11.8 Å². The predicted octanol–water partition coefficient (Wildman–Crippen LogP) is 3.80. The van der Waals surface area contributed by atoms with Crippen LogP contribution in [0.5, 0.6) is 11.5 Å². The Balaban J connectivity index is 2.18. The molecule has 0 aliphatic rings. The molecule has 0 aliphatic heterocycles. The lowest BCUT2D eigenvalue weighted by atomic mass is 10.1. The molecule has 0 fully saturated rings. The van der Waals surface area contributed by atoms with Crippen LogP contribution in [0.1, 0.15) is 12.5 Å². The number of amides is 2. The first kappa shape index (κ1) is 22.1. The quantitative estimate of drug-likeness (QED) is 0.508. The number of nitrogens with zero attached hydrogens (tertiary/aromatic N) is 1.